The van der Waals surface area contributed by atoms with Crippen LogP contribution in [0.3, 0.4) is 0 Å². The van der Waals surface area contributed by atoms with Gasteiger partial charge in [0.1, 0.15) is 6.33 Å². The van der Waals surface area contributed by atoms with Gasteiger partial charge in [0.05, 0.1) is 5.25 Å². The highest BCUT2D eigenvalue weighted by molar-refractivity contribution is 7.91. The maximum Gasteiger partial charge on any atom is 0.249 e. The van der Waals surface area contributed by atoms with Crippen molar-refractivity contribution >= 4 is 15.7 Å². The van der Waals surface area contributed by atoms with Crippen molar-refractivity contribution in [2.24, 2.45) is 7.05 Å². The first kappa shape index (κ1) is 21.9. The van der Waals surface area contributed by atoms with Gasteiger partial charge in [-0.3, -0.25) is 4.79 Å². The number of hydrogen-bond acceptors (Lipinski definition) is 5. The van der Waals surface area contributed by atoms with Crippen molar-refractivity contribution in [2.75, 3.05) is 13.1 Å². The number of rotatable bonds is 11. The maximum absolute atomic E-state index is 12.7. The van der Waals surface area contributed by atoms with Crippen LogP contribution in [-0.4, -0.2) is 52.3 Å². The zero-order valence-electron chi connectivity index (χ0n) is 16.8. The smallest absolute Gasteiger partial charge is 0.249 e. The van der Waals surface area contributed by atoms with E-state index in [4.69, 9.17) is 0 Å². The van der Waals surface area contributed by atoms with E-state index in [1.165, 1.54) is 49.4 Å². The number of amides is 1. The quantitative estimate of drug-likeness (QED) is 0.535. The molecule has 1 aliphatic heterocycles. The van der Waals surface area contributed by atoms with Crippen molar-refractivity contribution in [3.05, 3.63) is 6.33 Å². The third kappa shape index (κ3) is 6.30. The van der Waals surface area contributed by atoms with Crippen molar-refractivity contribution in [1.29, 1.82) is 0 Å². The number of sulfone groups is 1. The molecule has 154 valence electrons. The van der Waals surface area contributed by atoms with Gasteiger partial charge in [-0.1, -0.05) is 51.9 Å². The second kappa shape index (κ2) is 10.8. The molecule has 1 fully saturated rings. The Morgan fingerprint density at radius 2 is 1.67 bits per heavy atom. The Labute approximate surface area is 163 Å². The summed E-state index contributed by atoms with van der Waals surface area (Å²) in [5, 5.41) is 6.95. The van der Waals surface area contributed by atoms with E-state index in [9.17, 15) is 13.2 Å². The number of likely N-dealkylation sites (tertiary alicyclic amines) is 1. The predicted octanol–water partition coefficient (Wildman–Crippen LogP) is 3.11. The molecule has 1 amide bonds. The zero-order chi connectivity index (χ0) is 19.7. The van der Waals surface area contributed by atoms with Gasteiger partial charge in [0.2, 0.25) is 20.9 Å². The Hall–Kier alpha value is -1.44. The molecule has 0 saturated carbocycles. The number of carbonyl (C=O) groups excluding carboxylic acids is 1. The molecule has 0 atom stereocenters. The average molecular weight is 399 g/mol. The van der Waals surface area contributed by atoms with E-state index in [0.29, 0.717) is 32.4 Å². The number of nitrogens with zero attached hydrogens (tertiary/aromatic N) is 4. The Morgan fingerprint density at radius 1 is 1.07 bits per heavy atom. The molecular weight excluding hydrogens is 364 g/mol. The Kier molecular flexibility index (Phi) is 8.73. The second-order valence-corrected chi connectivity index (χ2v) is 9.70. The Bertz CT molecular complexity index is 679. The first-order valence-electron chi connectivity index (χ1n) is 10.3. The summed E-state index contributed by atoms with van der Waals surface area (Å²) in [6.07, 6.45) is 12.6. The van der Waals surface area contributed by atoms with Crippen molar-refractivity contribution in [1.82, 2.24) is 19.7 Å². The lowest BCUT2D eigenvalue weighted by atomic mass is 10.1. The first-order valence-corrected chi connectivity index (χ1v) is 11.9. The number of hydrogen-bond donors (Lipinski definition) is 0. The molecule has 27 heavy (non-hydrogen) atoms. The number of aryl methyl sites for hydroxylation is 1. The molecule has 2 rings (SSSR count). The molecule has 0 unspecified atom stereocenters. The molecule has 1 saturated heterocycles. The van der Waals surface area contributed by atoms with Crippen molar-refractivity contribution in [3.8, 4) is 0 Å². The van der Waals surface area contributed by atoms with Gasteiger partial charge in [0.25, 0.3) is 0 Å². The number of piperidine rings is 1. The maximum atomic E-state index is 12.7. The van der Waals surface area contributed by atoms with E-state index < -0.39 is 15.1 Å². The molecule has 8 heteroatoms. The Morgan fingerprint density at radius 3 is 2.22 bits per heavy atom. The van der Waals surface area contributed by atoms with Gasteiger partial charge in [-0.05, 0) is 19.3 Å². The number of carbonyl (C=O) groups is 1. The molecule has 0 radical (unpaired) electrons. The standard InChI is InChI=1S/C19H34N4O3S/c1-3-4-5-6-7-8-9-10-11-18(24)23-14-12-17(13-15-23)27(25,26)19-21-20-16-22(19)2/h16-17H,3-15H2,1-2H3. The van der Waals surface area contributed by atoms with E-state index in [1.807, 2.05) is 4.90 Å². The largest absolute Gasteiger partial charge is 0.343 e. The third-order valence-corrected chi connectivity index (χ3v) is 7.63. The topological polar surface area (TPSA) is 85.2 Å². The molecule has 0 bridgehead atoms. The van der Waals surface area contributed by atoms with Crippen LogP contribution < -0.4 is 0 Å². The second-order valence-electron chi connectivity index (χ2n) is 7.57. The van der Waals surface area contributed by atoms with Crippen molar-refractivity contribution < 1.29 is 13.2 Å². The summed E-state index contributed by atoms with van der Waals surface area (Å²) in [6.45, 7) is 3.24. The van der Waals surface area contributed by atoms with E-state index in [0.717, 1.165) is 12.8 Å². The summed E-state index contributed by atoms with van der Waals surface area (Å²) in [4.78, 5) is 14.2. The van der Waals surface area contributed by atoms with Gasteiger partial charge >= 0.3 is 0 Å². The number of aromatic nitrogens is 3. The van der Waals surface area contributed by atoms with Gasteiger partial charge in [-0.2, -0.15) is 0 Å². The third-order valence-electron chi connectivity index (χ3n) is 5.40. The van der Waals surface area contributed by atoms with Crippen LogP contribution >= 0.6 is 0 Å². The normalized spacial score (nSPS) is 16.0. The summed E-state index contributed by atoms with van der Waals surface area (Å²) in [5.41, 5.74) is 0. The summed E-state index contributed by atoms with van der Waals surface area (Å²) >= 11 is 0. The minimum absolute atomic E-state index is 0.0196. The molecule has 2 heterocycles. The number of unbranched alkanes of at least 4 members (excludes halogenated alkanes) is 7. The lowest BCUT2D eigenvalue weighted by Crippen LogP contribution is -2.42. The molecule has 1 aromatic heterocycles. The average Bonchev–Trinajstić information content (AvgIpc) is 3.10. The molecule has 0 N–H and O–H groups in total. The Balaban J connectivity index is 1.66. The van der Waals surface area contributed by atoms with Crippen LogP contribution in [0.1, 0.15) is 77.6 Å². The molecular formula is C19H34N4O3S. The first-order chi connectivity index (χ1) is 13.0. The van der Waals surface area contributed by atoms with Gasteiger partial charge in [0.15, 0.2) is 0 Å². The van der Waals surface area contributed by atoms with E-state index in [-0.39, 0.29) is 11.1 Å². The minimum atomic E-state index is -3.48. The highest BCUT2D eigenvalue weighted by Gasteiger charge is 2.35. The van der Waals surface area contributed by atoms with Crippen LogP contribution in [0.4, 0.5) is 0 Å². The summed E-state index contributed by atoms with van der Waals surface area (Å²) in [5.74, 6) is 0.162. The van der Waals surface area contributed by atoms with E-state index in [1.54, 1.807) is 7.05 Å². The van der Waals surface area contributed by atoms with E-state index >= 15 is 0 Å². The fraction of sp³-hybridized carbons (Fsp3) is 0.842. The fourth-order valence-corrected chi connectivity index (χ4v) is 5.40. The SMILES string of the molecule is CCCCCCCCCCC(=O)N1CCC(S(=O)(=O)c2nncn2C)CC1. The summed E-state index contributed by atoms with van der Waals surface area (Å²) < 4.78 is 26.8. The molecule has 1 aliphatic rings. The fourth-order valence-electron chi connectivity index (χ4n) is 3.66. The van der Waals surface area contributed by atoms with Crippen LogP contribution in [0, 0.1) is 0 Å². The zero-order valence-corrected chi connectivity index (χ0v) is 17.6. The molecule has 7 nitrogen and oxygen atoms in total. The van der Waals surface area contributed by atoms with Gasteiger partial charge in [0, 0.05) is 26.6 Å². The summed E-state index contributed by atoms with van der Waals surface area (Å²) in [6, 6.07) is 0. The van der Waals surface area contributed by atoms with Crippen LogP contribution in [0.25, 0.3) is 0 Å². The highest BCUT2D eigenvalue weighted by atomic mass is 32.2. The van der Waals surface area contributed by atoms with Gasteiger partial charge in [-0.15, -0.1) is 10.2 Å². The molecule has 0 aliphatic carbocycles. The lowest BCUT2D eigenvalue weighted by Gasteiger charge is -2.31. The van der Waals surface area contributed by atoms with Crippen molar-refractivity contribution in [3.63, 3.8) is 0 Å². The van der Waals surface area contributed by atoms with Crippen LogP contribution in [0.5, 0.6) is 0 Å². The molecule has 0 aromatic carbocycles. The van der Waals surface area contributed by atoms with Gasteiger partial charge in [-0.25, -0.2) is 8.42 Å². The highest BCUT2D eigenvalue weighted by Crippen LogP contribution is 2.23. The van der Waals surface area contributed by atoms with Crippen molar-refractivity contribution in [2.45, 2.75) is 88.0 Å². The van der Waals surface area contributed by atoms with Crippen LogP contribution in [-0.2, 0) is 21.7 Å². The molecule has 0 spiro atoms. The molecule has 1 aromatic rings. The minimum Gasteiger partial charge on any atom is -0.343 e. The van der Waals surface area contributed by atoms with Crippen LogP contribution in [0.2, 0.25) is 0 Å². The lowest BCUT2D eigenvalue weighted by molar-refractivity contribution is -0.132. The van der Waals surface area contributed by atoms with E-state index in [2.05, 4.69) is 17.1 Å². The van der Waals surface area contributed by atoms with Gasteiger partial charge < -0.3 is 9.47 Å². The summed E-state index contributed by atoms with van der Waals surface area (Å²) in [7, 11) is -1.85. The monoisotopic (exact) mass is 398 g/mol. The predicted molar refractivity (Wildman–Crippen MR) is 105 cm³/mol. The van der Waals surface area contributed by atoms with Crippen LogP contribution in [0.15, 0.2) is 11.5 Å².